The first-order valence-electron chi connectivity index (χ1n) is 6.03. The van der Waals surface area contributed by atoms with Crippen molar-refractivity contribution in [1.29, 1.82) is 0 Å². The summed E-state index contributed by atoms with van der Waals surface area (Å²) in [5.74, 6) is 0.0751. The minimum Gasteiger partial charge on any atom is -0.449 e. The molecule has 1 aliphatic carbocycles. The van der Waals surface area contributed by atoms with Gasteiger partial charge in [0.2, 0.25) is 5.91 Å². The largest absolute Gasteiger partial charge is 0.449 e. The Balaban J connectivity index is 2.70. The van der Waals surface area contributed by atoms with E-state index in [0.29, 0.717) is 6.42 Å². The summed E-state index contributed by atoms with van der Waals surface area (Å²) in [6.07, 6.45) is 8.23. The van der Waals surface area contributed by atoms with Crippen molar-refractivity contribution in [3.63, 3.8) is 0 Å². The van der Waals surface area contributed by atoms with Crippen LogP contribution in [0, 0.1) is 5.92 Å². The molecule has 4 nitrogen and oxygen atoms in total. The van der Waals surface area contributed by atoms with Crippen LogP contribution in [0.5, 0.6) is 0 Å². The number of carbonyl (C=O) groups is 2. The fourth-order valence-corrected chi connectivity index (χ4v) is 2.50. The van der Waals surface area contributed by atoms with Crippen molar-refractivity contribution >= 4 is 41.3 Å². The van der Waals surface area contributed by atoms with E-state index in [1.165, 1.54) is 0 Å². The number of allylic oxidation sites excluding steroid dienone is 1. The zero-order valence-electron chi connectivity index (χ0n) is 10.4. The van der Waals surface area contributed by atoms with Gasteiger partial charge in [-0.1, -0.05) is 12.5 Å². The smallest absolute Gasteiger partial charge is 0.378 e. The molecule has 0 heterocycles. The highest BCUT2D eigenvalue weighted by atomic mass is 127. The lowest BCUT2D eigenvalue weighted by atomic mass is 9.89. The van der Waals surface area contributed by atoms with Crippen molar-refractivity contribution in [2.24, 2.45) is 5.92 Å². The maximum Gasteiger partial charge on any atom is 0.378 e. The van der Waals surface area contributed by atoms with Gasteiger partial charge in [-0.2, -0.15) is 0 Å². The minimum atomic E-state index is -0.298. The third-order valence-electron chi connectivity index (χ3n) is 3.01. The van der Waals surface area contributed by atoms with Crippen LogP contribution < -0.4 is 5.32 Å². The van der Waals surface area contributed by atoms with Gasteiger partial charge >= 0.3 is 5.30 Å². The molecule has 0 aliphatic heterocycles. The highest BCUT2D eigenvalue weighted by molar-refractivity contribution is 14.2. The van der Waals surface area contributed by atoms with Crippen LogP contribution in [0.2, 0.25) is 0 Å². The van der Waals surface area contributed by atoms with E-state index in [-0.39, 0.29) is 23.2 Å². The summed E-state index contributed by atoms with van der Waals surface area (Å²) < 4.78 is 5.38. The SMILES string of the molecule is CNC(=O)CC1CCCC/C=C/C1OC(=O)SI. The first kappa shape index (κ1) is 15.8. The molecule has 2 unspecified atom stereocenters. The second-order valence-electron chi connectivity index (χ2n) is 4.26. The lowest BCUT2D eigenvalue weighted by molar-refractivity contribution is -0.122. The Morgan fingerprint density at radius 2 is 2.28 bits per heavy atom. The van der Waals surface area contributed by atoms with E-state index in [4.69, 9.17) is 4.74 Å². The monoisotopic (exact) mass is 383 g/mol. The number of amides is 1. The average molecular weight is 383 g/mol. The molecule has 0 aromatic carbocycles. The summed E-state index contributed by atoms with van der Waals surface area (Å²) in [6, 6.07) is 0. The topological polar surface area (TPSA) is 55.4 Å². The molecular weight excluding hydrogens is 365 g/mol. The lowest BCUT2D eigenvalue weighted by Crippen LogP contribution is -2.30. The van der Waals surface area contributed by atoms with Gasteiger partial charge in [0.1, 0.15) is 6.10 Å². The molecule has 0 fully saturated rings. The molecule has 0 saturated carbocycles. The Morgan fingerprint density at radius 1 is 1.50 bits per heavy atom. The van der Waals surface area contributed by atoms with Crippen molar-refractivity contribution in [2.75, 3.05) is 7.05 Å². The van der Waals surface area contributed by atoms with E-state index in [9.17, 15) is 9.59 Å². The van der Waals surface area contributed by atoms with Gasteiger partial charge in [-0.25, -0.2) is 4.79 Å². The number of carbonyl (C=O) groups excluding carboxylic acids is 2. The van der Waals surface area contributed by atoms with Gasteiger partial charge in [-0.15, -0.1) is 0 Å². The van der Waals surface area contributed by atoms with E-state index < -0.39 is 0 Å². The normalized spacial score (nSPS) is 25.7. The molecule has 1 N–H and O–H groups in total. The van der Waals surface area contributed by atoms with Gasteiger partial charge in [0, 0.05) is 49.5 Å². The van der Waals surface area contributed by atoms with E-state index in [1.54, 1.807) is 7.05 Å². The summed E-state index contributed by atoms with van der Waals surface area (Å²) in [4.78, 5) is 22.9. The number of rotatable bonds is 3. The number of hydrogen-bond acceptors (Lipinski definition) is 4. The molecule has 0 spiro atoms. The van der Waals surface area contributed by atoms with Crippen LogP contribution in [-0.2, 0) is 9.53 Å². The molecular formula is C12H18INO3S. The molecule has 1 amide bonds. The van der Waals surface area contributed by atoms with Crippen molar-refractivity contribution in [3.05, 3.63) is 12.2 Å². The van der Waals surface area contributed by atoms with Crippen LogP contribution in [0.15, 0.2) is 12.2 Å². The third-order valence-corrected chi connectivity index (χ3v) is 4.31. The summed E-state index contributed by atoms with van der Waals surface area (Å²) in [5.41, 5.74) is 0. The molecule has 2 atom stereocenters. The second kappa shape index (κ2) is 8.79. The van der Waals surface area contributed by atoms with Crippen molar-refractivity contribution in [1.82, 2.24) is 5.32 Å². The Labute approximate surface area is 124 Å². The highest BCUT2D eigenvalue weighted by Gasteiger charge is 2.25. The second-order valence-corrected chi connectivity index (χ2v) is 6.07. The summed E-state index contributed by atoms with van der Waals surface area (Å²) >= 11 is 1.91. The molecule has 0 radical (unpaired) electrons. The Bertz CT molecular complexity index is 322. The molecule has 0 aromatic rings. The van der Waals surface area contributed by atoms with Gasteiger partial charge in [-0.05, 0) is 25.3 Å². The fraction of sp³-hybridized carbons (Fsp3) is 0.667. The van der Waals surface area contributed by atoms with Gasteiger partial charge < -0.3 is 10.1 Å². The van der Waals surface area contributed by atoms with E-state index in [1.807, 2.05) is 33.4 Å². The molecule has 6 heteroatoms. The predicted octanol–water partition coefficient (Wildman–Crippen LogP) is 3.46. The first-order chi connectivity index (χ1) is 8.67. The summed E-state index contributed by atoms with van der Waals surface area (Å²) in [5, 5.41) is 2.33. The van der Waals surface area contributed by atoms with Crippen molar-refractivity contribution < 1.29 is 14.3 Å². The summed E-state index contributed by atoms with van der Waals surface area (Å²) in [7, 11) is 2.66. The Hall–Kier alpha value is -0.240. The van der Waals surface area contributed by atoms with Crippen LogP contribution in [0.4, 0.5) is 4.79 Å². The van der Waals surface area contributed by atoms with Crippen LogP contribution in [-0.4, -0.2) is 24.4 Å². The van der Waals surface area contributed by atoms with Gasteiger partial charge in [0.25, 0.3) is 0 Å². The van der Waals surface area contributed by atoms with Crippen LogP contribution in [0.25, 0.3) is 0 Å². The number of halogens is 1. The zero-order chi connectivity index (χ0) is 13.4. The highest BCUT2D eigenvalue weighted by Crippen LogP contribution is 2.26. The Kier molecular flexibility index (Phi) is 7.73. The molecule has 0 aromatic heterocycles. The van der Waals surface area contributed by atoms with E-state index in [2.05, 4.69) is 5.32 Å². The summed E-state index contributed by atoms with van der Waals surface area (Å²) in [6.45, 7) is 0. The molecule has 0 bridgehead atoms. The molecule has 18 heavy (non-hydrogen) atoms. The minimum absolute atomic E-state index is 0.00264. The van der Waals surface area contributed by atoms with Gasteiger partial charge in [-0.3, -0.25) is 4.79 Å². The first-order valence-corrected chi connectivity index (χ1v) is 9.39. The van der Waals surface area contributed by atoms with Crippen LogP contribution in [0.1, 0.15) is 32.1 Å². The Morgan fingerprint density at radius 3 is 2.94 bits per heavy atom. The number of hydrogen-bond donors (Lipinski definition) is 1. The zero-order valence-corrected chi connectivity index (χ0v) is 13.3. The van der Waals surface area contributed by atoms with E-state index in [0.717, 1.165) is 34.6 Å². The van der Waals surface area contributed by atoms with Crippen LogP contribution in [0.3, 0.4) is 0 Å². The predicted molar refractivity (Wildman–Crippen MR) is 81.7 cm³/mol. The number of ether oxygens (including phenoxy) is 1. The quantitative estimate of drug-likeness (QED) is 0.461. The maximum atomic E-state index is 11.5. The molecule has 1 aliphatic rings. The maximum absolute atomic E-state index is 11.5. The van der Waals surface area contributed by atoms with Gasteiger partial charge in [0.15, 0.2) is 0 Å². The molecule has 0 saturated heterocycles. The molecule has 1 rings (SSSR count). The van der Waals surface area contributed by atoms with Crippen LogP contribution >= 0.6 is 30.1 Å². The van der Waals surface area contributed by atoms with Gasteiger partial charge in [0.05, 0.1) is 0 Å². The fourth-order valence-electron chi connectivity index (χ4n) is 2.04. The van der Waals surface area contributed by atoms with E-state index >= 15 is 0 Å². The van der Waals surface area contributed by atoms with Crippen molar-refractivity contribution in [3.8, 4) is 0 Å². The average Bonchev–Trinajstić information content (AvgIpc) is 2.36. The number of nitrogens with one attached hydrogen (secondary N) is 1. The molecule has 102 valence electrons. The third kappa shape index (κ3) is 5.60. The lowest BCUT2D eigenvalue weighted by Gasteiger charge is -2.25. The standard InChI is InChI=1S/C12H18INO3S/c1-14-11(15)8-9-6-4-2-3-5-7-10(9)17-12(16)18-13/h5,7,9-10H,2-4,6,8H2,1H3,(H,14,15)/b7-5+. The van der Waals surface area contributed by atoms with Crippen molar-refractivity contribution in [2.45, 2.75) is 38.2 Å².